The van der Waals surface area contributed by atoms with E-state index in [1.54, 1.807) is 6.26 Å². The molecule has 0 amide bonds. The molecular weight excluding hydrogens is 114 g/mol. The van der Waals surface area contributed by atoms with Gasteiger partial charge in [0.15, 0.2) is 0 Å². The molecule has 1 N–H and O–H groups in total. The minimum absolute atomic E-state index is 0.118. The molecule has 0 fully saturated rings. The molecule has 1 unspecified atom stereocenters. The highest BCUT2D eigenvalue weighted by atomic mass is 16.5. The number of hydrogen-bond donors (Lipinski definition) is 1. The SMILES string of the molecule is CCC=COC(C)NC. The number of rotatable bonds is 4. The first-order valence-electron chi connectivity index (χ1n) is 3.29. The predicted molar refractivity (Wildman–Crippen MR) is 39.0 cm³/mol. The van der Waals surface area contributed by atoms with Gasteiger partial charge in [0.25, 0.3) is 0 Å². The molecule has 0 aromatic carbocycles. The van der Waals surface area contributed by atoms with E-state index in [4.69, 9.17) is 4.74 Å². The van der Waals surface area contributed by atoms with Crippen molar-refractivity contribution >= 4 is 0 Å². The van der Waals surface area contributed by atoms with Gasteiger partial charge in [-0.15, -0.1) is 0 Å². The summed E-state index contributed by atoms with van der Waals surface area (Å²) in [6.07, 6.45) is 4.85. The van der Waals surface area contributed by atoms with Crippen molar-refractivity contribution in [1.82, 2.24) is 5.32 Å². The summed E-state index contributed by atoms with van der Waals surface area (Å²) in [7, 11) is 1.87. The van der Waals surface area contributed by atoms with Crippen molar-refractivity contribution < 1.29 is 4.74 Å². The average molecular weight is 129 g/mol. The van der Waals surface area contributed by atoms with Crippen molar-refractivity contribution in [2.24, 2.45) is 0 Å². The van der Waals surface area contributed by atoms with E-state index >= 15 is 0 Å². The second-order valence-electron chi connectivity index (χ2n) is 1.85. The van der Waals surface area contributed by atoms with Crippen LogP contribution in [-0.2, 0) is 4.74 Å². The molecule has 0 rings (SSSR count). The van der Waals surface area contributed by atoms with Gasteiger partial charge < -0.3 is 4.74 Å². The smallest absolute Gasteiger partial charge is 0.146 e. The molecule has 0 saturated heterocycles. The molecule has 54 valence electrons. The minimum Gasteiger partial charge on any atom is -0.484 e. The van der Waals surface area contributed by atoms with Crippen LogP contribution in [0.15, 0.2) is 12.3 Å². The summed E-state index contributed by atoms with van der Waals surface area (Å²) < 4.78 is 5.14. The third kappa shape index (κ3) is 5.37. The molecule has 0 aliphatic rings. The molecule has 1 atom stereocenters. The summed E-state index contributed by atoms with van der Waals surface area (Å²) in [5.41, 5.74) is 0. The van der Waals surface area contributed by atoms with Crippen LogP contribution in [0.1, 0.15) is 20.3 Å². The first-order chi connectivity index (χ1) is 4.31. The molecule has 2 nitrogen and oxygen atoms in total. The molecule has 0 heterocycles. The van der Waals surface area contributed by atoms with Gasteiger partial charge in [-0.1, -0.05) is 13.0 Å². The lowest BCUT2D eigenvalue weighted by atomic mass is 10.5. The number of ether oxygens (including phenoxy) is 1. The van der Waals surface area contributed by atoms with E-state index in [1.807, 2.05) is 20.0 Å². The maximum Gasteiger partial charge on any atom is 0.146 e. The van der Waals surface area contributed by atoms with Crippen LogP contribution in [0.2, 0.25) is 0 Å². The van der Waals surface area contributed by atoms with Gasteiger partial charge in [0.2, 0.25) is 0 Å². The Bertz CT molecular complexity index is 81.0. The van der Waals surface area contributed by atoms with Crippen LogP contribution in [0.4, 0.5) is 0 Å². The topological polar surface area (TPSA) is 21.3 Å². The molecule has 0 radical (unpaired) electrons. The van der Waals surface area contributed by atoms with E-state index in [9.17, 15) is 0 Å². The van der Waals surface area contributed by atoms with Crippen molar-refractivity contribution in [3.05, 3.63) is 12.3 Å². The highest BCUT2D eigenvalue weighted by Gasteiger charge is 1.89. The second-order valence-corrected chi connectivity index (χ2v) is 1.85. The van der Waals surface area contributed by atoms with Crippen molar-refractivity contribution in [2.75, 3.05) is 7.05 Å². The molecular formula is C7H15NO. The quantitative estimate of drug-likeness (QED) is 0.458. The summed E-state index contributed by atoms with van der Waals surface area (Å²) in [6, 6.07) is 0. The van der Waals surface area contributed by atoms with Gasteiger partial charge in [-0.05, 0) is 20.4 Å². The largest absolute Gasteiger partial charge is 0.484 e. The fourth-order valence-corrected chi connectivity index (χ4v) is 0.338. The molecule has 0 bridgehead atoms. The molecule has 0 saturated carbocycles. The fourth-order valence-electron chi connectivity index (χ4n) is 0.338. The molecule has 0 spiro atoms. The zero-order valence-corrected chi connectivity index (χ0v) is 6.35. The molecule has 9 heavy (non-hydrogen) atoms. The van der Waals surface area contributed by atoms with Gasteiger partial charge >= 0.3 is 0 Å². The van der Waals surface area contributed by atoms with Gasteiger partial charge in [0.1, 0.15) is 6.23 Å². The van der Waals surface area contributed by atoms with Gasteiger partial charge in [-0.2, -0.15) is 0 Å². The van der Waals surface area contributed by atoms with Gasteiger partial charge in [0.05, 0.1) is 6.26 Å². The number of hydrogen-bond acceptors (Lipinski definition) is 2. The van der Waals surface area contributed by atoms with E-state index in [2.05, 4.69) is 12.2 Å². The van der Waals surface area contributed by atoms with E-state index < -0.39 is 0 Å². The maximum atomic E-state index is 5.14. The Morgan fingerprint density at radius 1 is 1.67 bits per heavy atom. The van der Waals surface area contributed by atoms with Crippen molar-refractivity contribution in [3.63, 3.8) is 0 Å². The molecule has 0 aromatic heterocycles. The second kappa shape index (κ2) is 5.63. The third-order valence-electron chi connectivity index (χ3n) is 1.02. The van der Waals surface area contributed by atoms with Gasteiger partial charge in [-0.25, -0.2) is 0 Å². The van der Waals surface area contributed by atoms with Gasteiger partial charge in [0, 0.05) is 0 Å². The van der Waals surface area contributed by atoms with Crippen LogP contribution in [0.3, 0.4) is 0 Å². The monoisotopic (exact) mass is 129 g/mol. The lowest BCUT2D eigenvalue weighted by Crippen LogP contribution is -2.22. The average Bonchev–Trinajstić information content (AvgIpc) is 1.89. The van der Waals surface area contributed by atoms with Crippen molar-refractivity contribution in [3.8, 4) is 0 Å². The summed E-state index contributed by atoms with van der Waals surface area (Å²) in [4.78, 5) is 0. The Balaban J connectivity index is 3.15. The first kappa shape index (κ1) is 8.50. The van der Waals surface area contributed by atoms with Crippen LogP contribution in [-0.4, -0.2) is 13.3 Å². The fraction of sp³-hybridized carbons (Fsp3) is 0.714. The molecule has 0 aliphatic heterocycles. The van der Waals surface area contributed by atoms with E-state index in [-0.39, 0.29) is 6.23 Å². The lowest BCUT2D eigenvalue weighted by molar-refractivity contribution is 0.136. The van der Waals surface area contributed by atoms with Crippen molar-refractivity contribution in [2.45, 2.75) is 26.5 Å². The van der Waals surface area contributed by atoms with Crippen molar-refractivity contribution in [1.29, 1.82) is 0 Å². The Labute approximate surface area is 56.9 Å². The normalized spacial score (nSPS) is 14.1. The standard InChI is InChI=1S/C7H15NO/c1-4-5-6-9-7(2)8-3/h5-8H,4H2,1-3H3. The Morgan fingerprint density at radius 2 is 2.33 bits per heavy atom. The Morgan fingerprint density at radius 3 is 2.78 bits per heavy atom. The summed E-state index contributed by atoms with van der Waals surface area (Å²) in [5, 5.41) is 2.95. The molecule has 0 aliphatic carbocycles. The predicted octanol–water partition coefficient (Wildman–Crippen LogP) is 1.49. The Hall–Kier alpha value is -0.500. The van der Waals surface area contributed by atoms with Crippen LogP contribution >= 0.6 is 0 Å². The summed E-state index contributed by atoms with van der Waals surface area (Å²) >= 11 is 0. The number of nitrogens with one attached hydrogen (secondary N) is 1. The number of allylic oxidation sites excluding steroid dienone is 1. The van der Waals surface area contributed by atoms with Crippen LogP contribution in [0, 0.1) is 0 Å². The zero-order chi connectivity index (χ0) is 7.11. The van der Waals surface area contributed by atoms with Crippen LogP contribution in [0.25, 0.3) is 0 Å². The molecule has 0 aromatic rings. The summed E-state index contributed by atoms with van der Waals surface area (Å²) in [5.74, 6) is 0. The van der Waals surface area contributed by atoms with Gasteiger partial charge in [-0.3, -0.25) is 5.32 Å². The highest BCUT2D eigenvalue weighted by Crippen LogP contribution is 1.86. The van der Waals surface area contributed by atoms with E-state index in [0.29, 0.717) is 0 Å². The van der Waals surface area contributed by atoms with Crippen LogP contribution < -0.4 is 5.32 Å². The first-order valence-corrected chi connectivity index (χ1v) is 3.29. The van der Waals surface area contributed by atoms with E-state index in [0.717, 1.165) is 6.42 Å². The lowest BCUT2D eigenvalue weighted by Gasteiger charge is -2.07. The Kier molecular flexibility index (Phi) is 5.32. The summed E-state index contributed by atoms with van der Waals surface area (Å²) in [6.45, 7) is 4.03. The van der Waals surface area contributed by atoms with Crippen LogP contribution in [0.5, 0.6) is 0 Å². The third-order valence-corrected chi connectivity index (χ3v) is 1.02. The zero-order valence-electron chi connectivity index (χ0n) is 6.35. The van der Waals surface area contributed by atoms with E-state index in [1.165, 1.54) is 0 Å². The maximum absolute atomic E-state index is 5.14. The minimum atomic E-state index is 0.118. The molecule has 2 heteroatoms. The highest BCUT2D eigenvalue weighted by molar-refractivity contribution is 4.71.